The van der Waals surface area contributed by atoms with Gasteiger partial charge in [0.1, 0.15) is 11.5 Å². The maximum atomic E-state index is 9.62. The Morgan fingerprint density at radius 2 is 2.21 bits per heavy atom. The van der Waals surface area contributed by atoms with Crippen LogP contribution in [0.25, 0.3) is 5.57 Å². The van der Waals surface area contributed by atoms with E-state index in [1.54, 1.807) is 6.07 Å². The van der Waals surface area contributed by atoms with E-state index in [-0.39, 0.29) is 5.75 Å². The number of aromatic hydroxyl groups is 1. The van der Waals surface area contributed by atoms with Gasteiger partial charge in [0.15, 0.2) is 0 Å². The normalized spacial score (nSPS) is 9.86. The largest absolute Gasteiger partial charge is 0.507 e. The predicted octanol–water partition coefficient (Wildman–Crippen LogP) is 3.21. The number of allylic oxidation sites excluding steroid dienone is 1. The summed E-state index contributed by atoms with van der Waals surface area (Å²) in [4.78, 5) is 0. The van der Waals surface area contributed by atoms with Crippen molar-refractivity contribution in [3.05, 3.63) is 30.3 Å². The lowest BCUT2D eigenvalue weighted by Crippen LogP contribution is -1.94. The second-order valence-corrected chi connectivity index (χ2v) is 3.31. The van der Waals surface area contributed by atoms with Crippen LogP contribution in [0, 0.1) is 0 Å². The van der Waals surface area contributed by atoms with Crippen molar-refractivity contribution in [3.8, 4) is 11.5 Å². The number of hydrogen-bond donors (Lipinski definition) is 1. The minimum atomic E-state index is 0.228. The van der Waals surface area contributed by atoms with Crippen LogP contribution in [-0.4, -0.2) is 11.7 Å². The van der Waals surface area contributed by atoms with Crippen LogP contribution in [0.2, 0.25) is 0 Å². The minimum absolute atomic E-state index is 0.228. The molecule has 1 aromatic rings. The van der Waals surface area contributed by atoms with Crippen molar-refractivity contribution in [1.29, 1.82) is 0 Å². The van der Waals surface area contributed by atoms with Gasteiger partial charge in [0.05, 0.1) is 6.61 Å². The summed E-state index contributed by atoms with van der Waals surface area (Å²) in [5, 5.41) is 9.62. The molecule has 14 heavy (non-hydrogen) atoms. The molecule has 1 rings (SSSR count). The number of phenolic OH excluding ortho intramolecular Hbond substituents is 1. The second kappa shape index (κ2) is 4.70. The number of ether oxygens (including phenoxy) is 1. The molecule has 0 aromatic heterocycles. The van der Waals surface area contributed by atoms with Crippen LogP contribution in [0.3, 0.4) is 0 Å². The second-order valence-electron chi connectivity index (χ2n) is 3.31. The fourth-order valence-corrected chi connectivity index (χ4v) is 1.18. The fourth-order valence-electron chi connectivity index (χ4n) is 1.18. The van der Waals surface area contributed by atoms with Crippen molar-refractivity contribution in [3.63, 3.8) is 0 Å². The molecule has 0 aliphatic heterocycles. The first-order valence-electron chi connectivity index (χ1n) is 4.77. The molecular weight excluding hydrogens is 176 g/mol. The molecule has 0 radical (unpaired) electrons. The van der Waals surface area contributed by atoms with Crippen molar-refractivity contribution < 1.29 is 9.84 Å². The Bertz CT molecular complexity index is 329. The van der Waals surface area contributed by atoms with E-state index in [1.807, 2.05) is 26.0 Å². The van der Waals surface area contributed by atoms with E-state index in [0.717, 1.165) is 17.6 Å². The standard InChI is InChI=1S/C12H16O2/c1-4-7-14-10-5-6-11(9(2)3)12(13)8-10/h5-6,8,13H,2,4,7H2,1,3H3. The lowest BCUT2D eigenvalue weighted by molar-refractivity contribution is 0.315. The Labute approximate surface area is 84.8 Å². The summed E-state index contributed by atoms with van der Waals surface area (Å²) < 4.78 is 5.38. The maximum absolute atomic E-state index is 9.62. The van der Waals surface area contributed by atoms with E-state index in [2.05, 4.69) is 6.58 Å². The van der Waals surface area contributed by atoms with Gasteiger partial charge in [0.2, 0.25) is 0 Å². The van der Waals surface area contributed by atoms with Gasteiger partial charge in [-0.15, -0.1) is 0 Å². The molecule has 0 aliphatic carbocycles. The average molecular weight is 192 g/mol. The van der Waals surface area contributed by atoms with Crippen LogP contribution in [0.4, 0.5) is 0 Å². The molecular formula is C12H16O2. The summed E-state index contributed by atoms with van der Waals surface area (Å²) in [5.74, 6) is 0.931. The van der Waals surface area contributed by atoms with Crippen LogP contribution in [0.15, 0.2) is 24.8 Å². The quantitative estimate of drug-likeness (QED) is 0.793. The predicted molar refractivity (Wildman–Crippen MR) is 58.6 cm³/mol. The number of phenols is 1. The van der Waals surface area contributed by atoms with E-state index >= 15 is 0 Å². The topological polar surface area (TPSA) is 29.5 Å². The molecule has 0 bridgehead atoms. The molecule has 0 spiro atoms. The zero-order valence-electron chi connectivity index (χ0n) is 8.71. The van der Waals surface area contributed by atoms with Gasteiger partial charge >= 0.3 is 0 Å². The average Bonchev–Trinajstić information content (AvgIpc) is 2.14. The third-order valence-electron chi connectivity index (χ3n) is 1.90. The van der Waals surface area contributed by atoms with Crippen LogP contribution >= 0.6 is 0 Å². The summed E-state index contributed by atoms with van der Waals surface area (Å²) in [5.41, 5.74) is 1.62. The lowest BCUT2D eigenvalue weighted by Gasteiger charge is -2.08. The van der Waals surface area contributed by atoms with Gasteiger partial charge in [-0.1, -0.05) is 13.5 Å². The summed E-state index contributed by atoms with van der Waals surface area (Å²) in [6.45, 7) is 8.36. The molecule has 1 aromatic carbocycles. The third kappa shape index (κ3) is 2.52. The fraction of sp³-hybridized carbons (Fsp3) is 0.333. The molecule has 0 atom stereocenters. The van der Waals surface area contributed by atoms with Gasteiger partial charge < -0.3 is 9.84 Å². The smallest absolute Gasteiger partial charge is 0.126 e. The SMILES string of the molecule is C=C(C)c1ccc(OCCC)cc1O. The summed E-state index contributed by atoms with van der Waals surface area (Å²) in [7, 11) is 0. The van der Waals surface area contributed by atoms with Crippen molar-refractivity contribution >= 4 is 5.57 Å². The highest BCUT2D eigenvalue weighted by Crippen LogP contribution is 2.28. The van der Waals surface area contributed by atoms with E-state index < -0.39 is 0 Å². The maximum Gasteiger partial charge on any atom is 0.126 e. The third-order valence-corrected chi connectivity index (χ3v) is 1.90. The number of rotatable bonds is 4. The molecule has 1 N–H and O–H groups in total. The molecule has 0 unspecified atom stereocenters. The van der Waals surface area contributed by atoms with Crippen LogP contribution < -0.4 is 4.74 Å². The molecule has 0 saturated carbocycles. The van der Waals surface area contributed by atoms with E-state index in [4.69, 9.17) is 4.74 Å². The molecule has 0 aliphatic rings. The Balaban J connectivity index is 2.83. The first-order chi connectivity index (χ1) is 6.65. The molecule has 2 nitrogen and oxygen atoms in total. The van der Waals surface area contributed by atoms with Crippen LogP contribution in [0.5, 0.6) is 11.5 Å². The van der Waals surface area contributed by atoms with E-state index in [1.165, 1.54) is 0 Å². The Morgan fingerprint density at radius 3 is 2.71 bits per heavy atom. The van der Waals surface area contributed by atoms with Gasteiger partial charge in [-0.2, -0.15) is 0 Å². The Kier molecular flexibility index (Phi) is 3.57. The van der Waals surface area contributed by atoms with E-state index in [0.29, 0.717) is 12.4 Å². The Hall–Kier alpha value is -1.44. The van der Waals surface area contributed by atoms with Crippen molar-refractivity contribution in [1.82, 2.24) is 0 Å². The minimum Gasteiger partial charge on any atom is -0.507 e. The highest BCUT2D eigenvalue weighted by atomic mass is 16.5. The van der Waals surface area contributed by atoms with Gasteiger partial charge in [-0.05, 0) is 31.1 Å². The summed E-state index contributed by atoms with van der Waals surface area (Å²) in [6, 6.07) is 5.29. The van der Waals surface area contributed by atoms with Gasteiger partial charge in [-0.3, -0.25) is 0 Å². The van der Waals surface area contributed by atoms with Crippen LogP contribution in [0.1, 0.15) is 25.8 Å². The van der Waals surface area contributed by atoms with Crippen molar-refractivity contribution in [2.24, 2.45) is 0 Å². The van der Waals surface area contributed by atoms with Crippen LogP contribution in [-0.2, 0) is 0 Å². The van der Waals surface area contributed by atoms with Gasteiger partial charge in [0, 0.05) is 11.6 Å². The number of hydrogen-bond acceptors (Lipinski definition) is 2. The molecule has 0 heterocycles. The molecule has 2 heteroatoms. The highest BCUT2D eigenvalue weighted by molar-refractivity contribution is 5.67. The monoisotopic (exact) mass is 192 g/mol. The molecule has 0 fully saturated rings. The molecule has 0 amide bonds. The zero-order valence-corrected chi connectivity index (χ0v) is 8.71. The first kappa shape index (κ1) is 10.6. The first-order valence-corrected chi connectivity index (χ1v) is 4.77. The van der Waals surface area contributed by atoms with Gasteiger partial charge in [0.25, 0.3) is 0 Å². The lowest BCUT2D eigenvalue weighted by atomic mass is 10.1. The van der Waals surface area contributed by atoms with Gasteiger partial charge in [-0.25, -0.2) is 0 Å². The molecule has 0 saturated heterocycles. The Morgan fingerprint density at radius 1 is 1.50 bits per heavy atom. The summed E-state index contributed by atoms with van der Waals surface area (Å²) >= 11 is 0. The summed E-state index contributed by atoms with van der Waals surface area (Å²) in [6.07, 6.45) is 0.961. The number of benzene rings is 1. The van der Waals surface area contributed by atoms with Crippen molar-refractivity contribution in [2.45, 2.75) is 20.3 Å². The van der Waals surface area contributed by atoms with Crippen molar-refractivity contribution in [2.75, 3.05) is 6.61 Å². The molecule has 76 valence electrons. The van der Waals surface area contributed by atoms with E-state index in [9.17, 15) is 5.11 Å². The highest BCUT2D eigenvalue weighted by Gasteiger charge is 2.03. The zero-order chi connectivity index (χ0) is 10.6.